The van der Waals surface area contributed by atoms with Crippen molar-refractivity contribution in [3.05, 3.63) is 36.7 Å². The molecule has 2 aromatic rings. The van der Waals surface area contributed by atoms with Gasteiger partial charge >= 0.3 is 0 Å². The van der Waals surface area contributed by atoms with Crippen molar-refractivity contribution in [2.24, 2.45) is 0 Å². The van der Waals surface area contributed by atoms with Crippen LogP contribution in [0.25, 0.3) is 11.3 Å². The summed E-state index contributed by atoms with van der Waals surface area (Å²) in [4.78, 5) is 8.67. The van der Waals surface area contributed by atoms with Crippen LogP contribution in [0.4, 0.5) is 11.5 Å². The molecular weight excluding hydrogens is 236 g/mol. The van der Waals surface area contributed by atoms with E-state index in [4.69, 9.17) is 5.73 Å². The van der Waals surface area contributed by atoms with Crippen LogP contribution in [0.3, 0.4) is 0 Å². The number of hydrogen-bond donors (Lipinski definition) is 2. The molecule has 0 spiro atoms. The normalized spacial score (nSPS) is 15.6. The minimum Gasteiger partial charge on any atom is -0.396 e. The van der Waals surface area contributed by atoms with Gasteiger partial charge in [0.2, 0.25) is 0 Å². The lowest BCUT2D eigenvalue weighted by atomic mass is 10.1. The molecule has 0 saturated heterocycles. The third-order valence-electron chi connectivity index (χ3n) is 3.60. The van der Waals surface area contributed by atoms with Crippen LogP contribution in [0.5, 0.6) is 0 Å². The van der Waals surface area contributed by atoms with Crippen molar-refractivity contribution < 1.29 is 0 Å². The molecule has 0 atom stereocenters. The summed E-state index contributed by atoms with van der Waals surface area (Å²) >= 11 is 0. The molecule has 1 aliphatic carbocycles. The van der Waals surface area contributed by atoms with Gasteiger partial charge in [-0.15, -0.1) is 0 Å². The van der Waals surface area contributed by atoms with E-state index < -0.39 is 0 Å². The molecule has 3 rings (SSSR count). The van der Waals surface area contributed by atoms with E-state index in [1.54, 1.807) is 12.4 Å². The van der Waals surface area contributed by atoms with Gasteiger partial charge in [0.05, 0.1) is 11.4 Å². The second-order valence-corrected chi connectivity index (χ2v) is 5.00. The van der Waals surface area contributed by atoms with E-state index in [1.165, 1.54) is 25.7 Å². The Kier molecular flexibility index (Phi) is 3.31. The van der Waals surface area contributed by atoms with Gasteiger partial charge in [-0.3, -0.25) is 4.98 Å². The van der Waals surface area contributed by atoms with Crippen LogP contribution in [-0.2, 0) is 0 Å². The van der Waals surface area contributed by atoms with Crippen LogP contribution in [-0.4, -0.2) is 16.0 Å². The Morgan fingerprint density at radius 1 is 1.05 bits per heavy atom. The Morgan fingerprint density at radius 2 is 1.79 bits per heavy atom. The van der Waals surface area contributed by atoms with Gasteiger partial charge in [0.15, 0.2) is 0 Å². The Bertz CT molecular complexity index is 547. The minimum atomic E-state index is 0.516. The molecule has 98 valence electrons. The van der Waals surface area contributed by atoms with E-state index in [0.29, 0.717) is 11.7 Å². The van der Waals surface area contributed by atoms with Crippen molar-refractivity contribution >= 4 is 11.5 Å². The van der Waals surface area contributed by atoms with Crippen molar-refractivity contribution in [1.82, 2.24) is 9.97 Å². The van der Waals surface area contributed by atoms with Gasteiger partial charge in [0, 0.05) is 24.0 Å². The van der Waals surface area contributed by atoms with Crippen molar-refractivity contribution in [3.63, 3.8) is 0 Å². The first-order chi connectivity index (χ1) is 9.33. The lowest BCUT2D eigenvalue weighted by Gasteiger charge is -2.15. The molecule has 2 aromatic heterocycles. The average molecular weight is 254 g/mol. The molecular formula is C15H18N4. The van der Waals surface area contributed by atoms with Gasteiger partial charge in [-0.25, -0.2) is 4.98 Å². The van der Waals surface area contributed by atoms with Gasteiger partial charge in [-0.1, -0.05) is 12.8 Å². The molecule has 0 radical (unpaired) electrons. The van der Waals surface area contributed by atoms with Gasteiger partial charge in [-0.05, 0) is 37.1 Å². The fourth-order valence-corrected chi connectivity index (χ4v) is 2.53. The fourth-order valence-electron chi connectivity index (χ4n) is 2.53. The zero-order valence-electron chi connectivity index (χ0n) is 10.8. The third-order valence-corrected chi connectivity index (χ3v) is 3.60. The minimum absolute atomic E-state index is 0.516. The van der Waals surface area contributed by atoms with Gasteiger partial charge in [0.25, 0.3) is 0 Å². The largest absolute Gasteiger partial charge is 0.396 e. The van der Waals surface area contributed by atoms with Crippen molar-refractivity contribution in [1.29, 1.82) is 0 Å². The summed E-state index contributed by atoms with van der Waals surface area (Å²) in [6.07, 6.45) is 8.55. The van der Waals surface area contributed by atoms with Crippen LogP contribution >= 0.6 is 0 Å². The summed E-state index contributed by atoms with van der Waals surface area (Å²) in [5.74, 6) is 0.807. The van der Waals surface area contributed by atoms with Gasteiger partial charge < -0.3 is 11.1 Å². The summed E-state index contributed by atoms with van der Waals surface area (Å²) in [5, 5.41) is 3.47. The van der Waals surface area contributed by atoms with Crippen molar-refractivity contribution in [2.45, 2.75) is 31.7 Å². The second kappa shape index (κ2) is 5.26. The third kappa shape index (κ3) is 2.67. The van der Waals surface area contributed by atoms with Crippen LogP contribution in [0.2, 0.25) is 0 Å². The number of aromatic nitrogens is 2. The summed E-state index contributed by atoms with van der Waals surface area (Å²) in [6, 6.07) is 8.29. The molecule has 1 saturated carbocycles. The fraction of sp³-hybridized carbons (Fsp3) is 0.333. The molecule has 0 aliphatic heterocycles. The molecule has 4 heteroatoms. The zero-order chi connectivity index (χ0) is 13.1. The molecule has 0 bridgehead atoms. The molecule has 4 nitrogen and oxygen atoms in total. The van der Waals surface area contributed by atoms with E-state index >= 15 is 0 Å². The smallest absolute Gasteiger partial charge is 0.150 e. The topological polar surface area (TPSA) is 63.8 Å². The van der Waals surface area contributed by atoms with Crippen LogP contribution in [0, 0.1) is 0 Å². The Morgan fingerprint density at radius 3 is 2.53 bits per heavy atom. The first kappa shape index (κ1) is 12.0. The number of rotatable bonds is 3. The highest BCUT2D eigenvalue weighted by atomic mass is 15.0. The molecule has 1 fully saturated rings. The molecule has 0 unspecified atom stereocenters. The SMILES string of the molecule is Nc1ccc(-c2ccncc2)nc1NC1CCCC1. The maximum absolute atomic E-state index is 6.01. The Hall–Kier alpha value is -2.10. The first-order valence-corrected chi connectivity index (χ1v) is 6.76. The number of nitrogens with two attached hydrogens (primary N) is 1. The van der Waals surface area contributed by atoms with Crippen molar-refractivity contribution in [3.8, 4) is 11.3 Å². The number of nitrogens with zero attached hydrogens (tertiary/aromatic N) is 2. The summed E-state index contributed by atoms with van der Waals surface area (Å²) in [5.41, 5.74) is 8.71. The highest BCUT2D eigenvalue weighted by Gasteiger charge is 2.16. The van der Waals surface area contributed by atoms with Crippen LogP contribution in [0.15, 0.2) is 36.7 Å². The van der Waals surface area contributed by atoms with E-state index in [1.807, 2.05) is 24.3 Å². The maximum Gasteiger partial charge on any atom is 0.150 e. The number of hydrogen-bond acceptors (Lipinski definition) is 4. The Balaban J connectivity index is 1.87. The number of nitrogens with one attached hydrogen (secondary N) is 1. The predicted octanol–water partition coefficient (Wildman–Crippen LogP) is 3.08. The molecule has 0 amide bonds. The van der Waals surface area contributed by atoms with E-state index in [2.05, 4.69) is 15.3 Å². The summed E-state index contributed by atoms with van der Waals surface area (Å²) in [6.45, 7) is 0. The molecule has 3 N–H and O–H groups in total. The van der Waals surface area contributed by atoms with E-state index in [9.17, 15) is 0 Å². The van der Waals surface area contributed by atoms with Crippen molar-refractivity contribution in [2.75, 3.05) is 11.1 Å². The predicted molar refractivity (Wildman–Crippen MR) is 77.8 cm³/mol. The standard InChI is InChI=1S/C15H18N4/c16-13-5-6-14(11-7-9-17-10-8-11)19-15(13)18-12-3-1-2-4-12/h5-10,12H,1-4,16H2,(H,18,19). The molecule has 2 heterocycles. The number of pyridine rings is 2. The van der Waals surface area contributed by atoms with Gasteiger partial charge in [0.1, 0.15) is 5.82 Å². The highest BCUT2D eigenvalue weighted by molar-refractivity contribution is 5.69. The number of anilines is 2. The maximum atomic E-state index is 6.01. The van der Waals surface area contributed by atoms with Crippen LogP contribution in [0.1, 0.15) is 25.7 Å². The van der Waals surface area contributed by atoms with E-state index in [0.717, 1.165) is 17.1 Å². The summed E-state index contributed by atoms with van der Waals surface area (Å²) in [7, 11) is 0. The summed E-state index contributed by atoms with van der Waals surface area (Å²) < 4.78 is 0. The van der Waals surface area contributed by atoms with E-state index in [-0.39, 0.29) is 0 Å². The molecule has 0 aromatic carbocycles. The lowest BCUT2D eigenvalue weighted by molar-refractivity contribution is 0.751. The monoisotopic (exact) mass is 254 g/mol. The average Bonchev–Trinajstić information content (AvgIpc) is 2.95. The first-order valence-electron chi connectivity index (χ1n) is 6.76. The molecule has 1 aliphatic rings. The zero-order valence-corrected chi connectivity index (χ0v) is 10.8. The quantitative estimate of drug-likeness (QED) is 0.883. The highest BCUT2D eigenvalue weighted by Crippen LogP contribution is 2.27. The van der Waals surface area contributed by atoms with Crippen LogP contribution < -0.4 is 11.1 Å². The lowest BCUT2D eigenvalue weighted by Crippen LogP contribution is -2.16. The number of nitrogen functional groups attached to an aromatic ring is 1. The second-order valence-electron chi connectivity index (χ2n) is 5.00. The molecule has 19 heavy (non-hydrogen) atoms. The Labute approximate surface area is 113 Å². The van der Waals surface area contributed by atoms with Gasteiger partial charge in [-0.2, -0.15) is 0 Å².